The maximum absolute atomic E-state index is 13.3. The molecule has 1 fully saturated rings. The van der Waals surface area contributed by atoms with Crippen LogP contribution >= 0.6 is 11.6 Å². The summed E-state index contributed by atoms with van der Waals surface area (Å²) in [7, 11) is 0. The monoisotopic (exact) mass is 388 g/mol. The zero-order valence-electron chi connectivity index (χ0n) is 15.1. The molecule has 2 aromatic rings. The molecule has 0 saturated carbocycles. The van der Waals surface area contributed by atoms with Crippen LogP contribution in [-0.2, 0) is 16.0 Å². The van der Waals surface area contributed by atoms with Crippen molar-refractivity contribution in [3.05, 3.63) is 64.9 Å². The van der Waals surface area contributed by atoms with Gasteiger partial charge >= 0.3 is 0 Å². The fraction of sp³-hybridized carbons (Fsp3) is 0.333. The first-order valence-electron chi connectivity index (χ1n) is 9.03. The van der Waals surface area contributed by atoms with Crippen LogP contribution in [0.2, 0.25) is 5.02 Å². The SMILES string of the molecule is C[C@@H](CCc1ccccc1)NC(=O)[C@H]1CC(=O)N(c2ccc(F)c(Cl)c2)C1. The second kappa shape index (κ2) is 8.53. The molecule has 0 unspecified atom stereocenters. The Labute approximate surface area is 163 Å². The van der Waals surface area contributed by atoms with Crippen LogP contribution in [0.15, 0.2) is 48.5 Å². The number of amides is 2. The fourth-order valence-corrected chi connectivity index (χ4v) is 3.42. The van der Waals surface area contributed by atoms with Crippen molar-refractivity contribution in [1.82, 2.24) is 5.32 Å². The highest BCUT2D eigenvalue weighted by Crippen LogP contribution is 2.28. The summed E-state index contributed by atoms with van der Waals surface area (Å²) in [6.45, 7) is 2.24. The standard InChI is InChI=1S/C21H22ClFN2O2/c1-14(7-8-15-5-3-2-4-6-15)24-21(27)16-11-20(26)25(13-16)17-9-10-19(23)18(22)12-17/h2-6,9-10,12,14,16H,7-8,11,13H2,1H3,(H,24,27)/t14-,16-/m0/s1. The van der Waals surface area contributed by atoms with Crippen molar-refractivity contribution in [2.75, 3.05) is 11.4 Å². The molecule has 0 aromatic heterocycles. The highest BCUT2D eigenvalue weighted by atomic mass is 35.5. The molecule has 6 heteroatoms. The zero-order valence-corrected chi connectivity index (χ0v) is 15.9. The number of hydrogen-bond acceptors (Lipinski definition) is 2. The van der Waals surface area contributed by atoms with E-state index < -0.39 is 11.7 Å². The van der Waals surface area contributed by atoms with Crippen LogP contribution in [0.4, 0.5) is 10.1 Å². The summed E-state index contributed by atoms with van der Waals surface area (Å²) in [5.74, 6) is -1.23. The molecule has 142 valence electrons. The van der Waals surface area contributed by atoms with Crippen LogP contribution in [0.5, 0.6) is 0 Å². The van der Waals surface area contributed by atoms with Gasteiger partial charge in [-0.15, -0.1) is 0 Å². The van der Waals surface area contributed by atoms with E-state index in [1.165, 1.54) is 28.7 Å². The minimum atomic E-state index is -0.534. The number of benzene rings is 2. The lowest BCUT2D eigenvalue weighted by atomic mass is 10.0. The summed E-state index contributed by atoms with van der Waals surface area (Å²) in [6, 6.07) is 14.3. The molecule has 0 aliphatic carbocycles. The Kier molecular flexibility index (Phi) is 6.11. The van der Waals surface area contributed by atoms with E-state index in [4.69, 9.17) is 11.6 Å². The molecule has 1 saturated heterocycles. The maximum Gasteiger partial charge on any atom is 0.227 e. The van der Waals surface area contributed by atoms with Gasteiger partial charge in [0, 0.05) is 24.7 Å². The Bertz CT molecular complexity index is 828. The molecule has 3 rings (SSSR count). The molecular weight excluding hydrogens is 367 g/mol. The summed E-state index contributed by atoms with van der Waals surface area (Å²) in [5.41, 5.74) is 1.74. The smallest absolute Gasteiger partial charge is 0.227 e. The Hall–Kier alpha value is -2.40. The van der Waals surface area contributed by atoms with Gasteiger partial charge in [0.2, 0.25) is 11.8 Å². The largest absolute Gasteiger partial charge is 0.353 e. The number of carbonyl (C=O) groups is 2. The van der Waals surface area contributed by atoms with E-state index in [-0.39, 0.29) is 35.8 Å². The van der Waals surface area contributed by atoms with Crippen LogP contribution in [-0.4, -0.2) is 24.4 Å². The third kappa shape index (κ3) is 4.86. The number of nitrogens with one attached hydrogen (secondary N) is 1. The van der Waals surface area contributed by atoms with Gasteiger partial charge in [-0.3, -0.25) is 9.59 Å². The first kappa shape index (κ1) is 19.4. The highest BCUT2D eigenvalue weighted by Gasteiger charge is 2.35. The fourth-order valence-electron chi connectivity index (χ4n) is 3.25. The molecule has 2 amide bonds. The third-order valence-corrected chi connectivity index (χ3v) is 5.10. The number of nitrogens with zero attached hydrogens (tertiary/aromatic N) is 1. The third-order valence-electron chi connectivity index (χ3n) is 4.81. The lowest BCUT2D eigenvalue weighted by molar-refractivity contribution is -0.126. The van der Waals surface area contributed by atoms with Gasteiger partial charge in [0.1, 0.15) is 5.82 Å². The van der Waals surface area contributed by atoms with Gasteiger partial charge in [-0.25, -0.2) is 4.39 Å². The Morgan fingerprint density at radius 1 is 1.30 bits per heavy atom. The Morgan fingerprint density at radius 3 is 2.74 bits per heavy atom. The molecule has 0 bridgehead atoms. The van der Waals surface area contributed by atoms with Crippen LogP contribution in [0.3, 0.4) is 0 Å². The van der Waals surface area contributed by atoms with E-state index in [1.807, 2.05) is 25.1 Å². The van der Waals surface area contributed by atoms with Gasteiger partial charge in [-0.1, -0.05) is 41.9 Å². The second-order valence-electron chi connectivity index (χ2n) is 6.94. The highest BCUT2D eigenvalue weighted by molar-refractivity contribution is 6.31. The van der Waals surface area contributed by atoms with Gasteiger partial charge in [-0.05, 0) is 43.5 Å². The molecule has 2 atom stereocenters. The summed E-state index contributed by atoms with van der Waals surface area (Å²) >= 11 is 5.80. The van der Waals surface area contributed by atoms with Crippen molar-refractivity contribution in [2.24, 2.45) is 5.92 Å². The van der Waals surface area contributed by atoms with E-state index in [1.54, 1.807) is 0 Å². The average Bonchev–Trinajstić information content (AvgIpc) is 3.05. The Morgan fingerprint density at radius 2 is 2.04 bits per heavy atom. The van der Waals surface area contributed by atoms with Gasteiger partial charge in [0.25, 0.3) is 0 Å². The van der Waals surface area contributed by atoms with Crippen molar-refractivity contribution in [2.45, 2.75) is 32.2 Å². The predicted molar refractivity (Wildman–Crippen MR) is 104 cm³/mol. The molecule has 4 nitrogen and oxygen atoms in total. The van der Waals surface area contributed by atoms with Crippen molar-refractivity contribution in [1.29, 1.82) is 0 Å². The van der Waals surface area contributed by atoms with Gasteiger partial charge in [-0.2, -0.15) is 0 Å². The van der Waals surface area contributed by atoms with E-state index in [9.17, 15) is 14.0 Å². The van der Waals surface area contributed by atoms with Crippen LogP contribution in [0.1, 0.15) is 25.3 Å². The quantitative estimate of drug-likeness (QED) is 0.814. The minimum Gasteiger partial charge on any atom is -0.353 e. The molecular formula is C21H22ClFN2O2. The molecule has 1 heterocycles. The first-order chi connectivity index (χ1) is 12.9. The first-order valence-corrected chi connectivity index (χ1v) is 9.41. The number of anilines is 1. The Balaban J connectivity index is 1.54. The molecule has 1 aliphatic heterocycles. The van der Waals surface area contributed by atoms with Gasteiger partial charge < -0.3 is 10.2 Å². The molecule has 1 N–H and O–H groups in total. The summed E-state index contributed by atoms with van der Waals surface area (Å²) in [4.78, 5) is 26.3. The lowest BCUT2D eigenvalue weighted by Gasteiger charge is -2.19. The molecule has 2 aromatic carbocycles. The lowest BCUT2D eigenvalue weighted by Crippen LogP contribution is -2.38. The summed E-state index contributed by atoms with van der Waals surface area (Å²) in [5, 5.41) is 2.96. The number of aryl methyl sites for hydroxylation is 1. The van der Waals surface area contributed by atoms with E-state index in [0.717, 1.165) is 12.8 Å². The van der Waals surface area contributed by atoms with Crippen LogP contribution in [0.25, 0.3) is 0 Å². The molecule has 0 spiro atoms. The molecule has 0 radical (unpaired) electrons. The van der Waals surface area contributed by atoms with Crippen molar-refractivity contribution >= 4 is 29.1 Å². The summed E-state index contributed by atoms with van der Waals surface area (Å²) in [6.07, 6.45) is 1.85. The van der Waals surface area contributed by atoms with Gasteiger partial charge in [0.05, 0.1) is 10.9 Å². The van der Waals surface area contributed by atoms with E-state index in [0.29, 0.717) is 5.69 Å². The average molecular weight is 389 g/mol. The predicted octanol–water partition coefficient (Wildman–Crippen LogP) is 3.97. The van der Waals surface area contributed by atoms with Crippen molar-refractivity contribution in [3.8, 4) is 0 Å². The number of halogens is 2. The molecule has 1 aliphatic rings. The van der Waals surface area contributed by atoms with E-state index in [2.05, 4.69) is 17.4 Å². The normalized spacial score (nSPS) is 17.8. The molecule has 27 heavy (non-hydrogen) atoms. The van der Waals surface area contributed by atoms with Crippen LogP contribution < -0.4 is 10.2 Å². The topological polar surface area (TPSA) is 49.4 Å². The number of carbonyl (C=O) groups excluding carboxylic acids is 2. The number of rotatable bonds is 6. The van der Waals surface area contributed by atoms with Gasteiger partial charge in [0.15, 0.2) is 0 Å². The van der Waals surface area contributed by atoms with E-state index >= 15 is 0 Å². The minimum absolute atomic E-state index is 0.0159. The second-order valence-corrected chi connectivity index (χ2v) is 7.34. The zero-order chi connectivity index (χ0) is 19.4. The van der Waals surface area contributed by atoms with Crippen molar-refractivity contribution in [3.63, 3.8) is 0 Å². The maximum atomic E-state index is 13.3. The van der Waals surface area contributed by atoms with Crippen molar-refractivity contribution < 1.29 is 14.0 Å². The van der Waals surface area contributed by atoms with Crippen LogP contribution in [0, 0.1) is 11.7 Å². The summed E-state index contributed by atoms with van der Waals surface area (Å²) < 4.78 is 13.3. The number of hydrogen-bond donors (Lipinski definition) is 1.